The molecule has 6 fully saturated rings. The van der Waals surface area contributed by atoms with Gasteiger partial charge in [-0.2, -0.15) is 0 Å². The first-order valence-electron chi connectivity index (χ1n) is 15.2. The average Bonchev–Trinajstić information content (AvgIpc) is 3.28. The van der Waals surface area contributed by atoms with E-state index >= 15 is 0 Å². The Morgan fingerprint density at radius 1 is 0.974 bits per heavy atom. The summed E-state index contributed by atoms with van der Waals surface area (Å²) in [7, 11) is 0. The van der Waals surface area contributed by atoms with E-state index in [1.54, 1.807) is 0 Å². The van der Waals surface area contributed by atoms with Crippen molar-refractivity contribution >= 4 is 17.7 Å². The minimum absolute atomic E-state index is 0.0330. The number of hydrogen-bond acceptors (Lipinski definition) is 8. The van der Waals surface area contributed by atoms with Crippen LogP contribution in [0.3, 0.4) is 0 Å². The Hall–Kier alpha value is -1.51. The summed E-state index contributed by atoms with van der Waals surface area (Å²) >= 11 is 0. The number of aliphatic hydroxyl groups is 1. The van der Waals surface area contributed by atoms with Crippen LogP contribution in [0, 0.1) is 46.3 Å². The molecular weight excluding hydrogens is 500 g/mol. The first-order chi connectivity index (χ1) is 18.2. The van der Waals surface area contributed by atoms with E-state index in [0.29, 0.717) is 36.5 Å². The quantitative estimate of drug-likeness (QED) is 0.514. The zero-order chi connectivity index (χ0) is 28.1. The van der Waals surface area contributed by atoms with Gasteiger partial charge in [0.05, 0.1) is 12.7 Å². The third-order valence-corrected chi connectivity index (χ3v) is 12.5. The molecule has 6 aliphatic rings. The van der Waals surface area contributed by atoms with Gasteiger partial charge in [0, 0.05) is 44.4 Å². The topological polar surface area (TPSA) is 108 Å². The molecule has 2 aliphatic heterocycles. The lowest BCUT2D eigenvalue weighted by Gasteiger charge is -2.63. The molecular formula is C31H46O8. The van der Waals surface area contributed by atoms with Crippen LogP contribution < -0.4 is 0 Å². The second-order valence-electron chi connectivity index (χ2n) is 14.5. The normalized spacial score (nSPS) is 54.3. The van der Waals surface area contributed by atoms with Gasteiger partial charge in [-0.3, -0.25) is 14.4 Å². The largest absolute Gasteiger partial charge is 0.459 e. The Labute approximate surface area is 231 Å². The molecule has 0 aromatic carbocycles. The highest BCUT2D eigenvalue weighted by atomic mass is 16.7. The maximum atomic E-state index is 13.9. The molecule has 13 atom stereocenters. The van der Waals surface area contributed by atoms with Gasteiger partial charge in [-0.05, 0) is 67.1 Å². The van der Waals surface area contributed by atoms with Gasteiger partial charge in [0.25, 0.3) is 0 Å². The van der Waals surface area contributed by atoms with Crippen molar-refractivity contribution in [2.75, 3.05) is 6.61 Å². The number of ketones is 1. The fraction of sp³-hybridized carbons (Fsp3) is 0.903. The molecule has 0 radical (unpaired) electrons. The van der Waals surface area contributed by atoms with Crippen molar-refractivity contribution < 1.29 is 38.4 Å². The summed E-state index contributed by atoms with van der Waals surface area (Å²) in [6.45, 7) is 12.4. The predicted octanol–water partition coefficient (Wildman–Crippen LogP) is 4.20. The molecule has 39 heavy (non-hydrogen) atoms. The van der Waals surface area contributed by atoms with E-state index in [4.69, 9.17) is 18.9 Å². The molecule has 0 unspecified atom stereocenters. The minimum Gasteiger partial charge on any atom is -0.459 e. The number of carbonyl (C=O) groups excluding carboxylic acids is 3. The van der Waals surface area contributed by atoms with E-state index < -0.39 is 40.9 Å². The summed E-state index contributed by atoms with van der Waals surface area (Å²) in [5.41, 5.74) is -2.36. The van der Waals surface area contributed by atoms with E-state index in [2.05, 4.69) is 20.8 Å². The van der Waals surface area contributed by atoms with Gasteiger partial charge in [-0.15, -0.1) is 0 Å². The molecule has 1 spiro atoms. The van der Waals surface area contributed by atoms with Crippen molar-refractivity contribution in [3.8, 4) is 0 Å². The summed E-state index contributed by atoms with van der Waals surface area (Å²) in [4.78, 5) is 37.8. The highest BCUT2D eigenvalue weighted by Gasteiger charge is 2.73. The zero-order valence-electron chi connectivity index (χ0n) is 24.4. The second kappa shape index (κ2) is 8.99. The van der Waals surface area contributed by atoms with Crippen LogP contribution >= 0.6 is 0 Å². The molecule has 8 nitrogen and oxygen atoms in total. The smallest absolute Gasteiger partial charge is 0.303 e. The standard InChI is InChI=1S/C31H46O8/c1-16-7-10-31(36-15-16)17(2)27-23(39-31)12-22-20-11-26(34)30(35)14-25(38-19(4)33)24(37-18(3)32)13-29(30,6)21(20)8-9-28(22,27)5/h16-17,20-25,27,35H,7-15H2,1-6H3/t16-,17+,20-,21+,22-,23+,24-,25-,27+,28+,29-,30+,31-/m1/s1. The van der Waals surface area contributed by atoms with Gasteiger partial charge in [-0.1, -0.05) is 27.7 Å². The number of esters is 2. The van der Waals surface area contributed by atoms with Crippen molar-refractivity contribution in [1.82, 2.24) is 0 Å². The lowest BCUT2D eigenvalue weighted by Crippen LogP contribution is -2.70. The third-order valence-electron chi connectivity index (χ3n) is 12.5. The van der Waals surface area contributed by atoms with Crippen LogP contribution in [-0.2, 0) is 33.3 Å². The van der Waals surface area contributed by atoms with Gasteiger partial charge in [0.2, 0.25) is 0 Å². The molecule has 2 heterocycles. The Kier molecular flexibility index (Phi) is 6.38. The van der Waals surface area contributed by atoms with Crippen LogP contribution in [-0.4, -0.2) is 59.1 Å². The van der Waals surface area contributed by atoms with Gasteiger partial charge in [-0.25, -0.2) is 0 Å². The molecule has 0 aromatic rings. The molecule has 2 saturated heterocycles. The van der Waals surface area contributed by atoms with Crippen molar-refractivity contribution in [2.24, 2.45) is 46.3 Å². The molecule has 0 bridgehead atoms. The van der Waals surface area contributed by atoms with E-state index in [9.17, 15) is 19.5 Å². The number of rotatable bonds is 2. The monoisotopic (exact) mass is 546 g/mol. The fourth-order valence-corrected chi connectivity index (χ4v) is 10.7. The van der Waals surface area contributed by atoms with Crippen molar-refractivity contribution in [2.45, 2.75) is 123 Å². The van der Waals surface area contributed by atoms with Crippen LogP contribution in [0.15, 0.2) is 0 Å². The first kappa shape index (κ1) is 27.6. The summed E-state index contributed by atoms with van der Waals surface area (Å²) in [5, 5.41) is 12.1. The van der Waals surface area contributed by atoms with Crippen molar-refractivity contribution in [3.05, 3.63) is 0 Å². The predicted molar refractivity (Wildman–Crippen MR) is 140 cm³/mol. The van der Waals surface area contributed by atoms with Gasteiger partial charge in [0.15, 0.2) is 11.6 Å². The molecule has 4 saturated carbocycles. The Balaban J connectivity index is 1.29. The van der Waals surface area contributed by atoms with Crippen LogP contribution in [0.4, 0.5) is 0 Å². The van der Waals surface area contributed by atoms with Crippen LogP contribution in [0.5, 0.6) is 0 Å². The van der Waals surface area contributed by atoms with Crippen LogP contribution in [0.2, 0.25) is 0 Å². The van der Waals surface area contributed by atoms with Gasteiger partial charge < -0.3 is 24.1 Å². The Morgan fingerprint density at radius 3 is 2.26 bits per heavy atom. The number of hydrogen-bond donors (Lipinski definition) is 1. The second-order valence-corrected chi connectivity index (χ2v) is 14.5. The first-order valence-corrected chi connectivity index (χ1v) is 15.2. The third kappa shape index (κ3) is 3.83. The molecule has 6 rings (SSSR count). The summed E-state index contributed by atoms with van der Waals surface area (Å²) in [6, 6.07) is 0. The maximum absolute atomic E-state index is 13.9. The van der Waals surface area contributed by atoms with Gasteiger partial charge in [0.1, 0.15) is 17.8 Å². The number of fused-ring (bicyclic) bond motifs is 7. The van der Waals surface area contributed by atoms with E-state index in [1.807, 2.05) is 6.92 Å². The molecule has 0 aromatic heterocycles. The van der Waals surface area contributed by atoms with E-state index in [1.165, 1.54) is 13.8 Å². The van der Waals surface area contributed by atoms with Crippen LogP contribution in [0.25, 0.3) is 0 Å². The van der Waals surface area contributed by atoms with Crippen molar-refractivity contribution in [1.29, 1.82) is 0 Å². The zero-order valence-corrected chi connectivity index (χ0v) is 24.4. The Bertz CT molecular complexity index is 1050. The van der Waals surface area contributed by atoms with Crippen LogP contribution in [0.1, 0.15) is 92.9 Å². The number of carbonyl (C=O) groups is 3. The highest BCUT2D eigenvalue weighted by molar-refractivity contribution is 5.90. The van der Waals surface area contributed by atoms with Gasteiger partial charge >= 0.3 is 11.9 Å². The molecule has 1 N–H and O–H groups in total. The van der Waals surface area contributed by atoms with Crippen molar-refractivity contribution in [3.63, 3.8) is 0 Å². The van der Waals surface area contributed by atoms with E-state index in [-0.39, 0.29) is 35.6 Å². The highest BCUT2D eigenvalue weighted by Crippen LogP contribution is 2.71. The molecule has 4 aliphatic carbocycles. The maximum Gasteiger partial charge on any atom is 0.303 e. The number of Topliss-reactive ketones (excluding diaryl/α,β-unsaturated/α-hetero) is 1. The minimum atomic E-state index is -1.62. The molecule has 218 valence electrons. The van der Waals surface area contributed by atoms with E-state index in [0.717, 1.165) is 38.7 Å². The SMILES string of the molecule is CC(=O)O[C@@H]1C[C@]2(O)C(=O)C[C@H]3[C@H]4C[C@@H]5O[C@]6(CC[C@@H](C)CO6)[C@@H](C)[C@@H]5[C@@]4(C)CC[C@@H]3[C@@]2(C)C[C@H]1OC(C)=O. The summed E-state index contributed by atoms with van der Waals surface area (Å²) < 4.78 is 24.4. The average molecular weight is 547 g/mol. The number of ether oxygens (including phenoxy) is 4. The lowest BCUT2D eigenvalue weighted by molar-refractivity contribution is -0.274. The summed E-state index contributed by atoms with van der Waals surface area (Å²) in [6.07, 6.45) is 4.08. The molecule has 8 heteroatoms. The summed E-state index contributed by atoms with van der Waals surface area (Å²) in [5.74, 6) is 0.175. The Morgan fingerprint density at radius 2 is 1.64 bits per heavy atom. The fourth-order valence-electron chi connectivity index (χ4n) is 10.7. The lowest BCUT2D eigenvalue weighted by atomic mass is 9.42. The molecule has 0 amide bonds.